The molecule has 0 aliphatic rings. The van der Waals surface area contributed by atoms with Crippen LogP contribution >= 0.6 is 0 Å². The van der Waals surface area contributed by atoms with Gasteiger partial charge in [-0.05, 0) is 30.3 Å². The summed E-state index contributed by atoms with van der Waals surface area (Å²) < 4.78 is 31.5. The standard InChI is InChI=1S/C14H10F2O3/c15-9-5-7-10(8-6-9)19-13(14(17)18)11-3-1-2-4-12(11)16/h1-8,13H,(H,17,18). The number of halogens is 2. The van der Waals surface area contributed by atoms with Gasteiger partial charge in [-0.2, -0.15) is 0 Å². The zero-order valence-corrected chi connectivity index (χ0v) is 9.72. The van der Waals surface area contributed by atoms with Crippen molar-refractivity contribution in [2.45, 2.75) is 6.10 Å². The molecule has 1 atom stereocenters. The van der Waals surface area contributed by atoms with Gasteiger partial charge in [0.2, 0.25) is 6.10 Å². The smallest absolute Gasteiger partial charge is 0.349 e. The molecule has 1 N–H and O–H groups in total. The first-order valence-electron chi connectivity index (χ1n) is 5.47. The molecule has 3 nitrogen and oxygen atoms in total. The first-order valence-corrected chi connectivity index (χ1v) is 5.47. The third-order valence-electron chi connectivity index (χ3n) is 2.48. The van der Waals surface area contributed by atoms with Gasteiger partial charge in [-0.15, -0.1) is 0 Å². The van der Waals surface area contributed by atoms with Gasteiger partial charge in [0.1, 0.15) is 17.4 Å². The minimum atomic E-state index is -1.48. The highest BCUT2D eigenvalue weighted by molar-refractivity contribution is 5.75. The summed E-state index contributed by atoms with van der Waals surface area (Å²) in [6.07, 6.45) is -1.48. The van der Waals surface area contributed by atoms with Crippen molar-refractivity contribution in [1.82, 2.24) is 0 Å². The maximum Gasteiger partial charge on any atom is 0.349 e. The molecule has 0 aliphatic heterocycles. The minimum Gasteiger partial charge on any atom is -0.478 e. The summed E-state index contributed by atoms with van der Waals surface area (Å²) in [5, 5.41) is 9.10. The summed E-state index contributed by atoms with van der Waals surface area (Å²) in [4.78, 5) is 11.2. The van der Waals surface area contributed by atoms with Crippen LogP contribution in [0, 0.1) is 11.6 Å². The Labute approximate surface area is 108 Å². The van der Waals surface area contributed by atoms with Crippen LogP contribution in [0.4, 0.5) is 8.78 Å². The first kappa shape index (κ1) is 13.0. The molecule has 2 aromatic carbocycles. The fourth-order valence-electron chi connectivity index (χ4n) is 1.58. The van der Waals surface area contributed by atoms with E-state index < -0.39 is 23.7 Å². The van der Waals surface area contributed by atoms with E-state index in [4.69, 9.17) is 9.84 Å². The highest BCUT2D eigenvalue weighted by atomic mass is 19.1. The van der Waals surface area contributed by atoms with Gasteiger partial charge < -0.3 is 9.84 Å². The van der Waals surface area contributed by atoms with Crippen molar-refractivity contribution >= 4 is 5.97 Å². The fourth-order valence-corrected chi connectivity index (χ4v) is 1.58. The Morgan fingerprint density at radius 2 is 1.68 bits per heavy atom. The average Bonchev–Trinajstić information content (AvgIpc) is 2.39. The summed E-state index contributed by atoms with van der Waals surface area (Å²) in [7, 11) is 0. The van der Waals surface area contributed by atoms with Gasteiger partial charge in [-0.1, -0.05) is 18.2 Å². The van der Waals surface area contributed by atoms with E-state index in [1.54, 1.807) is 0 Å². The summed E-state index contributed by atoms with van der Waals surface area (Å²) in [5.41, 5.74) is -0.0840. The normalized spacial score (nSPS) is 11.9. The lowest BCUT2D eigenvalue weighted by Gasteiger charge is -2.16. The number of carboxylic acid groups (broad SMARTS) is 1. The summed E-state index contributed by atoms with van der Waals surface area (Å²) in [5.74, 6) is -2.31. The van der Waals surface area contributed by atoms with Crippen LogP contribution in [0.3, 0.4) is 0 Å². The van der Waals surface area contributed by atoms with Crippen LogP contribution in [0.2, 0.25) is 0 Å². The fraction of sp³-hybridized carbons (Fsp3) is 0.0714. The predicted molar refractivity (Wildman–Crippen MR) is 63.8 cm³/mol. The van der Waals surface area contributed by atoms with Gasteiger partial charge in [0.15, 0.2) is 0 Å². The molecule has 0 spiro atoms. The Kier molecular flexibility index (Phi) is 3.75. The lowest BCUT2D eigenvalue weighted by Crippen LogP contribution is -2.19. The summed E-state index contributed by atoms with van der Waals surface area (Å²) in [6.45, 7) is 0. The van der Waals surface area contributed by atoms with Crippen LogP contribution in [-0.2, 0) is 4.79 Å². The highest BCUT2D eigenvalue weighted by Gasteiger charge is 2.24. The van der Waals surface area contributed by atoms with Crippen LogP contribution in [0.15, 0.2) is 48.5 Å². The lowest BCUT2D eigenvalue weighted by molar-refractivity contribution is -0.145. The van der Waals surface area contributed by atoms with Crippen molar-refractivity contribution in [3.05, 3.63) is 65.7 Å². The average molecular weight is 264 g/mol. The first-order chi connectivity index (χ1) is 9.08. The summed E-state index contributed by atoms with van der Waals surface area (Å²) >= 11 is 0. The van der Waals surface area contributed by atoms with E-state index >= 15 is 0 Å². The van der Waals surface area contributed by atoms with Crippen molar-refractivity contribution in [3.8, 4) is 5.75 Å². The largest absolute Gasteiger partial charge is 0.478 e. The molecule has 0 bridgehead atoms. The monoisotopic (exact) mass is 264 g/mol. The van der Waals surface area contributed by atoms with Gasteiger partial charge >= 0.3 is 5.97 Å². The van der Waals surface area contributed by atoms with Crippen molar-refractivity contribution in [2.75, 3.05) is 0 Å². The third kappa shape index (κ3) is 3.07. The number of hydrogen-bond donors (Lipinski definition) is 1. The quantitative estimate of drug-likeness (QED) is 0.922. The molecule has 1 unspecified atom stereocenters. The molecule has 5 heteroatoms. The van der Waals surface area contributed by atoms with Crippen LogP contribution in [-0.4, -0.2) is 11.1 Å². The van der Waals surface area contributed by atoms with E-state index in [1.165, 1.54) is 30.3 Å². The van der Waals surface area contributed by atoms with Gasteiger partial charge in [-0.25, -0.2) is 13.6 Å². The van der Waals surface area contributed by atoms with Gasteiger partial charge in [0, 0.05) is 5.56 Å². The van der Waals surface area contributed by atoms with Crippen LogP contribution < -0.4 is 4.74 Å². The molecule has 2 rings (SSSR count). The number of carbonyl (C=O) groups is 1. The van der Waals surface area contributed by atoms with Crippen LogP contribution in [0.5, 0.6) is 5.75 Å². The van der Waals surface area contributed by atoms with E-state index in [-0.39, 0.29) is 11.3 Å². The summed E-state index contributed by atoms with van der Waals surface area (Å²) in [6, 6.07) is 10.3. The zero-order chi connectivity index (χ0) is 13.8. The van der Waals surface area contributed by atoms with E-state index in [9.17, 15) is 13.6 Å². The lowest BCUT2D eigenvalue weighted by atomic mass is 10.1. The molecule has 0 saturated carbocycles. The molecule has 19 heavy (non-hydrogen) atoms. The molecule has 0 fully saturated rings. The zero-order valence-electron chi connectivity index (χ0n) is 9.72. The number of rotatable bonds is 4. The van der Waals surface area contributed by atoms with Gasteiger partial charge in [0.05, 0.1) is 0 Å². The molecule has 0 heterocycles. The van der Waals surface area contributed by atoms with Crippen molar-refractivity contribution in [3.63, 3.8) is 0 Å². The molecule has 0 saturated heterocycles. The van der Waals surface area contributed by atoms with Gasteiger partial charge in [-0.3, -0.25) is 0 Å². The number of hydrogen-bond acceptors (Lipinski definition) is 2. The van der Waals surface area contributed by atoms with Crippen molar-refractivity contribution in [2.24, 2.45) is 0 Å². The predicted octanol–water partition coefficient (Wildman–Crippen LogP) is 3.17. The highest BCUT2D eigenvalue weighted by Crippen LogP contribution is 2.24. The molecular formula is C14H10F2O3. The van der Waals surface area contributed by atoms with Gasteiger partial charge in [0.25, 0.3) is 0 Å². The second kappa shape index (κ2) is 5.48. The maximum atomic E-state index is 13.6. The number of aliphatic carboxylic acids is 1. The molecule has 2 aromatic rings. The van der Waals surface area contributed by atoms with Crippen molar-refractivity contribution < 1.29 is 23.4 Å². The Morgan fingerprint density at radius 3 is 2.26 bits per heavy atom. The number of benzene rings is 2. The van der Waals surface area contributed by atoms with Crippen LogP contribution in [0.25, 0.3) is 0 Å². The molecule has 98 valence electrons. The van der Waals surface area contributed by atoms with Crippen molar-refractivity contribution in [1.29, 1.82) is 0 Å². The second-order valence-electron chi connectivity index (χ2n) is 3.81. The number of ether oxygens (including phenoxy) is 1. The third-order valence-corrected chi connectivity index (χ3v) is 2.48. The van der Waals surface area contributed by atoms with E-state index in [0.717, 1.165) is 18.2 Å². The maximum absolute atomic E-state index is 13.6. The molecule has 0 aliphatic carbocycles. The molecule has 0 amide bonds. The van der Waals surface area contributed by atoms with E-state index in [2.05, 4.69) is 0 Å². The topological polar surface area (TPSA) is 46.5 Å². The Hall–Kier alpha value is -2.43. The molecule has 0 aromatic heterocycles. The second-order valence-corrected chi connectivity index (χ2v) is 3.81. The molecule has 0 radical (unpaired) electrons. The number of carboxylic acids is 1. The SMILES string of the molecule is O=C(O)C(Oc1ccc(F)cc1)c1ccccc1F. The Bertz CT molecular complexity index is 581. The Balaban J connectivity index is 2.29. The molecular weight excluding hydrogens is 254 g/mol. The Morgan fingerprint density at radius 1 is 1.05 bits per heavy atom. The minimum absolute atomic E-state index is 0.0840. The van der Waals surface area contributed by atoms with E-state index in [1.807, 2.05) is 0 Å². The van der Waals surface area contributed by atoms with E-state index in [0.29, 0.717) is 0 Å². The van der Waals surface area contributed by atoms with Crippen LogP contribution in [0.1, 0.15) is 11.7 Å².